The van der Waals surface area contributed by atoms with Crippen molar-refractivity contribution < 1.29 is 22.8 Å². The van der Waals surface area contributed by atoms with Gasteiger partial charge in [-0.1, -0.05) is 66.8 Å². The highest BCUT2D eigenvalue weighted by molar-refractivity contribution is 6.08. The minimum atomic E-state index is -4.60. The molecular weight excluding hydrogens is 603 g/mol. The molecule has 0 saturated carbocycles. The molecule has 2 aromatic carbocycles. The van der Waals surface area contributed by atoms with Gasteiger partial charge in [0.15, 0.2) is 0 Å². The van der Waals surface area contributed by atoms with Crippen LogP contribution in [0.25, 0.3) is 0 Å². The van der Waals surface area contributed by atoms with Gasteiger partial charge in [0.25, 0.3) is 11.8 Å². The molecule has 248 valence electrons. The summed E-state index contributed by atoms with van der Waals surface area (Å²) in [5, 5.41) is 0. The van der Waals surface area contributed by atoms with Gasteiger partial charge >= 0.3 is 6.18 Å². The van der Waals surface area contributed by atoms with E-state index in [1.807, 2.05) is 45.9 Å². The summed E-state index contributed by atoms with van der Waals surface area (Å²) in [5.41, 5.74) is 0.989. The molecule has 2 amide bonds. The molecule has 0 bridgehead atoms. The SMILES string of the molecule is CN(C)CCCN1CCN(C(=O)c2ccc3n2Cc2ccccc2N(C(=O)C2=CC(C)(C(F)(F)F)C(c4ccccc4)C=C2)C3)CC1. The number of piperazine rings is 1. The van der Waals surface area contributed by atoms with Crippen molar-refractivity contribution in [1.29, 1.82) is 0 Å². The number of anilines is 1. The van der Waals surface area contributed by atoms with Gasteiger partial charge in [-0.25, -0.2) is 0 Å². The molecule has 2 aliphatic heterocycles. The minimum Gasteiger partial charge on any atom is -0.335 e. The first kappa shape index (κ1) is 32.8. The normalized spacial score (nSPS) is 21.7. The standard InChI is InChI=1S/C37H42F3N5O2/c1-36(37(38,39)40)24-28(14-16-31(36)27-10-5-4-6-11-27)34(46)45-26-30-15-17-33(44(30)25-29-12-7-8-13-32(29)45)35(47)43-22-20-42(21-23-43)19-9-18-41(2)3/h4-8,10-17,24,31H,9,18-23,25-26H2,1-3H3. The lowest BCUT2D eigenvalue weighted by Crippen LogP contribution is -2.49. The third kappa shape index (κ3) is 6.53. The summed E-state index contributed by atoms with van der Waals surface area (Å²) >= 11 is 0. The highest BCUT2D eigenvalue weighted by atomic mass is 19.4. The van der Waals surface area contributed by atoms with Crippen LogP contribution in [0.2, 0.25) is 0 Å². The molecule has 2 unspecified atom stereocenters. The molecule has 0 spiro atoms. The smallest absolute Gasteiger partial charge is 0.335 e. The fourth-order valence-electron chi connectivity index (χ4n) is 7.00. The second kappa shape index (κ2) is 13.2. The van der Waals surface area contributed by atoms with Crippen molar-refractivity contribution in [3.63, 3.8) is 0 Å². The lowest BCUT2D eigenvalue weighted by Gasteiger charge is -2.38. The van der Waals surface area contributed by atoms with E-state index in [4.69, 9.17) is 0 Å². The predicted molar refractivity (Wildman–Crippen MR) is 177 cm³/mol. The van der Waals surface area contributed by atoms with Gasteiger partial charge in [0.05, 0.1) is 18.5 Å². The molecule has 1 fully saturated rings. The Labute approximate surface area is 274 Å². The average molecular weight is 646 g/mol. The molecule has 1 saturated heterocycles. The van der Waals surface area contributed by atoms with Crippen molar-refractivity contribution in [2.45, 2.75) is 38.5 Å². The highest BCUT2D eigenvalue weighted by Crippen LogP contribution is 2.53. The molecule has 3 heterocycles. The van der Waals surface area contributed by atoms with Crippen LogP contribution in [0.3, 0.4) is 0 Å². The number of carbonyl (C=O) groups is 2. The summed E-state index contributed by atoms with van der Waals surface area (Å²) in [4.78, 5) is 36.0. The first-order valence-electron chi connectivity index (χ1n) is 16.2. The largest absolute Gasteiger partial charge is 0.398 e. The van der Waals surface area contributed by atoms with Gasteiger partial charge in [-0.15, -0.1) is 0 Å². The van der Waals surface area contributed by atoms with E-state index >= 15 is 0 Å². The molecule has 1 aliphatic carbocycles. The molecular formula is C37H42F3N5O2. The van der Waals surface area contributed by atoms with E-state index in [-0.39, 0.29) is 18.0 Å². The van der Waals surface area contributed by atoms with Crippen LogP contribution in [-0.2, 0) is 17.9 Å². The van der Waals surface area contributed by atoms with E-state index in [9.17, 15) is 22.8 Å². The molecule has 0 radical (unpaired) electrons. The van der Waals surface area contributed by atoms with Gasteiger partial charge in [-0.3, -0.25) is 14.5 Å². The minimum absolute atomic E-state index is 0.00781. The lowest BCUT2D eigenvalue weighted by atomic mass is 9.69. The van der Waals surface area contributed by atoms with E-state index in [0.29, 0.717) is 36.6 Å². The maximum atomic E-state index is 14.7. The number of aromatic nitrogens is 1. The number of para-hydroxylation sites is 1. The summed E-state index contributed by atoms with van der Waals surface area (Å²) in [7, 11) is 4.14. The van der Waals surface area contributed by atoms with Crippen molar-refractivity contribution in [2.24, 2.45) is 5.41 Å². The van der Waals surface area contributed by atoms with Crippen LogP contribution in [0.5, 0.6) is 0 Å². The van der Waals surface area contributed by atoms with E-state index in [1.165, 1.54) is 12.2 Å². The Morgan fingerprint density at radius 2 is 1.60 bits per heavy atom. The molecule has 7 nitrogen and oxygen atoms in total. The molecule has 47 heavy (non-hydrogen) atoms. The number of nitrogens with zero attached hydrogens (tertiary/aromatic N) is 5. The quantitative estimate of drug-likeness (QED) is 0.319. The van der Waals surface area contributed by atoms with E-state index < -0.39 is 23.4 Å². The van der Waals surface area contributed by atoms with Gasteiger partial charge in [-0.2, -0.15) is 13.2 Å². The van der Waals surface area contributed by atoms with Crippen molar-refractivity contribution in [1.82, 2.24) is 19.3 Å². The van der Waals surface area contributed by atoms with Crippen molar-refractivity contribution >= 4 is 17.5 Å². The molecule has 10 heteroatoms. The lowest BCUT2D eigenvalue weighted by molar-refractivity contribution is -0.204. The molecule has 6 rings (SSSR count). The number of fused-ring (bicyclic) bond motifs is 2. The van der Waals surface area contributed by atoms with Crippen molar-refractivity contribution in [3.8, 4) is 0 Å². The monoisotopic (exact) mass is 645 g/mol. The van der Waals surface area contributed by atoms with Gasteiger partial charge < -0.3 is 19.3 Å². The van der Waals surface area contributed by atoms with Crippen LogP contribution < -0.4 is 4.90 Å². The fraction of sp³-hybridized carbons (Fsp3) is 0.405. The zero-order valence-corrected chi connectivity index (χ0v) is 27.2. The zero-order valence-electron chi connectivity index (χ0n) is 27.2. The van der Waals surface area contributed by atoms with Crippen LogP contribution in [0.1, 0.15) is 46.6 Å². The summed E-state index contributed by atoms with van der Waals surface area (Å²) in [6, 6.07) is 19.7. The first-order chi connectivity index (χ1) is 22.5. The summed E-state index contributed by atoms with van der Waals surface area (Å²) in [6.45, 7) is 6.62. The van der Waals surface area contributed by atoms with Gasteiger partial charge in [0, 0.05) is 49.1 Å². The maximum absolute atomic E-state index is 14.7. The van der Waals surface area contributed by atoms with E-state index in [1.54, 1.807) is 35.2 Å². The predicted octanol–water partition coefficient (Wildman–Crippen LogP) is 5.94. The number of halogens is 3. The third-order valence-corrected chi connectivity index (χ3v) is 9.79. The number of allylic oxidation sites excluding steroid dienone is 2. The Morgan fingerprint density at radius 1 is 0.894 bits per heavy atom. The van der Waals surface area contributed by atoms with E-state index in [0.717, 1.165) is 56.9 Å². The van der Waals surface area contributed by atoms with Crippen LogP contribution in [-0.4, -0.2) is 90.6 Å². The molecule has 3 aromatic rings. The van der Waals surface area contributed by atoms with Gasteiger partial charge in [0.2, 0.25) is 0 Å². The maximum Gasteiger partial charge on any atom is 0.398 e. The van der Waals surface area contributed by atoms with Crippen molar-refractivity contribution in [2.75, 3.05) is 58.3 Å². The summed E-state index contributed by atoms with van der Waals surface area (Å²) in [5.74, 6) is -1.53. The Bertz CT molecular complexity index is 1670. The Hall–Kier alpha value is -4.15. The highest BCUT2D eigenvalue weighted by Gasteiger charge is 2.55. The molecule has 0 N–H and O–H groups in total. The first-order valence-corrected chi connectivity index (χ1v) is 16.2. The summed E-state index contributed by atoms with van der Waals surface area (Å²) < 4.78 is 46.1. The van der Waals surface area contributed by atoms with Crippen LogP contribution in [0, 0.1) is 5.41 Å². The Morgan fingerprint density at radius 3 is 2.30 bits per heavy atom. The number of rotatable bonds is 7. The molecule has 3 aliphatic rings. The fourth-order valence-corrected chi connectivity index (χ4v) is 7.00. The van der Waals surface area contributed by atoms with Crippen molar-refractivity contribution in [3.05, 3.63) is 113 Å². The number of hydrogen-bond donors (Lipinski definition) is 0. The van der Waals surface area contributed by atoms with Gasteiger partial charge in [-0.05, 0) is 69.9 Å². The number of benzene rings is 2. The second-order valence-corrected chi connectivity index (χ2v) is 13.2. The Balaban J connectivity index is 1.25. The zero-order chi connectivity index (χ0) is 33.3. The number of alkyl halides is 3. The summed E-state index contributed by atoms with van der Waals surface area (Å²) in [6.07, 6.45) is 0.602. The molecule has 2 atom stereocenters. The number of amides is 2. The number of carbonyl (C=O) groups excluding carboxylic acids is 2. The van der Waals surface area contributed by atoms with Crippen LogP contribution in [0.15, 0.2) is 90.5 Å². The van der Waals surface area contributed by atoms with Crippen LogP contribution in [0.4, 0.5) is 18.9 Å². The molecule has 1 aromatic heterocycles. The topological polar surface area (TPSA) is 52.0 Å². The second-order valence-electron chi connectivity index (χ2n) is 13.2. The van der Waals surface area contributed by atoms with Crippen LogP contribution >= 0.6 is 0 Å². The third-order valence-electron chi connectivity index (χ3n) is 9.79. The van der Waals surface area contributed by atoms with Gasteiger partial charge in [0.1, 0.15) is 5.69 Å². The number of hydrogen-bond acceptors (Lipinski definition) is 4. The average Bonchev–Trinajstić information content (AvgIpc) is 3.37. The van der Waals surface area contributed by atoms with E-state index in [2.05, 4.69) is 23.9 Å². The Kier molecular flexibility index (Phi) is 9.18.